The molecule has 0 saturated heterocycles. The third-order valence-corrected chi connectivity index (χ3v) is 4.19. The summed E-state index contributed by atoms with van der Waals surface area (Å²) in [6.07, 6.45) is 0.308. The number of ketones is 1. The third kappa shape index (κ3) is 4.64. The number of ether oxygens (including phenoxy) is 3. The smallest absolute Gasteiger partial charge is 0.328 e. The number of hydrogen-bond acceptors (Lipinski definition) is 7. The van der Waals surface area contributed by atoms with Crippen molar-refractivity contribution in [1.29, 1.82) is 0 Å². The summed E-state index contributed by atoms with van der Waals surface area (Å²) < 4.78 is 15.0. The molecule has 1 aliphatic rings. The summed E-state index contributed by atoms with van der Waals surface area (Å²) in [5.41, 5.74) is 0.659. The van der Waals surface area contributed by atoms with Gasteiger partial charge in [-0.15, -0.1) is 0 Å². The molecule has 2 rings (SSSR count). The van der Waals surface area contributed by atoms with Crippen LogP contribution >= 0.6 is 0 Å². The van der Waals surface area contributed by atoms with Gasteiger partial charge < -0.3 is 14.2 Å². The molecule has 1 aromatic carbocycles. The van der Waals surface area contributed by atoms with Crippen LogP contribution < -0.4 is 9.64 Å². The normalized spacial score (nSPS) is 14.0. The molecular weight excluding hydrogens is 354 g/mol. The monoisotopic (exact) mass is 377 g/mol. The second-order valence-electron chi connectivity index (χ2n) is 5.91. The minimum atomic E-state index is -0.810. The van der Waals surface area contributed by atoms with Crippen molar-refractivity contribution >= 4 is 29.3 Å². The van der Waals surface area contributed by atoms with Crippen molar-refractivity contribution in [2.75, 3.05) is 25.2 Å². The van der Waals surface area contributed by atoms with Crippen molar-refractivity contribution in [3.63, 3.8) is 0 Å². The number of carbonyl (C=O) groups excluding carboxylic acids is 4. The summed E-state index contributed by atoms with van der Waals surface area (Å²) in [6.45, 7) is 3.52. The fourth-order valence-electron chi connectivity index (χ4n) is 2.87. The highest BCUT2D eigenvalue weighted by atomic mass is 16.5. The van der Waals surface area contributed by atoms with E-state index in [9.17, 15) is 19.2 Å². The number of methoxy groups -OCH3 is 1. The lowest BCUT2D eigenvalue weighted by Crippen LogP contribution is -2.49. The van der Waals surface area contributed by atoms with Crippen molar-refractivity contribution in [2.45, 2.75) is 39.2 Å². The predicted molar refractivity (Wildman–Crippen MR) is 95.7 cm³/mol. The Morgan fingerprint density at radius 3 is 2.59 bits per heavy atom. The van der Waals surface area contributed by atoms with Crippen LogP contribution in [0.1, 0.15) is 43.5 Å². The van der Waals surface area contributed by atoms with Crippen molar-refractivity contribution in [3.8, 4) is 5.75 Å². The van der Waals surface area contributed by atoms with Crippen LogP contribution in [0.25, 0.3) is 0 Å². The molecule has 8 heteroatoms. The van der Waals surface area contributed by atoms with Gasteiger partial charge in [0.1, 0.15) is 11.8 Å². The minimum Gasteiger partial charge on any atom is -0.482 e. The molecule has 0 N–H and O–H groups in total. The van der Waals surface area contributed by atoms with Crippen LogP contribution in [0, 0.1) is 0 Å². The van der Waals surface area contributed by atoms with Crippen LogP contribution in [0.4, 0.5) is 5.69 Å². The maximum Gasteiger partial charge on any atom is 0.328 e. The van der Waals surface area contributed by atoms with Gasteiger partial charge in [0.05, 0.1) is 25.8 Å². The van der Waals surface area contributed by atoms with Gasteiger partial charge >= 0.3 is 11.9 Å². The molecule has 1 aliphatic heterocycles. The fraction of sp³-hybridized carbons (Fsp3) is 0.474. The number of nitrogens with zero attached hydrogens (tertiary/aromatic N) is 1. The van der Waals surface area contributed by atoms with Crippen LogP contribution in [-0.4, -0.2) is 50.0 Å². The third-order valence-electron chi connectivity index (χ3n) is 4.19. The Morgan fingerprint density at radius 2 is 1.96 bits per heavy atom. The Morgan fingerprint density at radius 1 is 1.22 bits per heavy atom. The number of amides is 1. The highest BCUT2D eigenvalue weighted by molar-refractivity contribution is 6.05. The molecule has 1 amide bonds. The van der Waals surface area contributed by atoms with E-state index in [-0.39, 0.29) is 31.8 Å². The van der Waals surface area contributed by atoms with Crippen molar-refractivity contribution in [1.82, 2.24) is 0 Å². The molecule has 1 unspecified atom stereocenters. The number of fused-ring (bicyclic) bond motifs is 1. The molecule has 0 radical (unpaired) electrons. The minimum absolute atomic E-state index is 0.0133. The standard InChI is InChI=1S/C19H23NO7/c1-4-13(19(24)25-3)20-14-10-12(6-8-16(14)27-11-17(20)22)15(21)7-9-18(23)26-5-2/h6,8,10,13H,4-5,7,9,11H2,1-3H3. The summed E-state index contributed by atoms with van der Waals surface area (Å²) in [6, 6.07) is 3.84. The van der Waals surface area contributed by atoms with Gasteiger partial charge in [0.2, 0.25) is 0 Å². The predicted octanol–water partition coefficient (Wildman–Crippen LogP) is 1.89. The number of esters is 2. The van der Waals surface area contributed by atoms with Gasteiger partial charge in [0, 0.05) is 12.0 Å². The fourth-order valence-corrected chi connectivity index (χ4v) is 2.87. The zero-order chi connectivity index (χ0) is 20.0. The molecule has 27 heavy (non-hydrogen) atoms. The van der Waals surface area contributed by atoms with Crippen LogP contribution in [0.15, 0.2) is 18.2 Å². The first kappa shape index (κ1) is 20.4. The van der Waals surface area contributed by atoms with Gasteiger partial charge in [-0.2, -0.15) is 0 Å². The average molecular weight is 377 g/mol. The van der Waals surface area contributed by atoms with Crippen molar-refractivity contribution in [2.24, 2.45) is 0 Å². The highest BCUT2D eigenvalue weighted by Crippen LogP contribution is 2.35. The van der Waals surface area contributed by atoms with E-state index < -0.39 is 23.9 Å². The van der Waals surface area contributed by atoms with E-state index in [0.29, 0.717) is 23.4 Å². The maximum absolute atomic E-state index is 12.4. The zero-order valence-electron chi connectivity index (χ0n) is 15.6. The van der Waals surface area contributed by atoms with Crippen LogP contribution in [0.5, 0.6) is 5.75 Å². The van der Waals surface area contributed by atoms with Gasteiger partial charge in [0.15, 0.2) is 12.4 Å². The first-order valence-electron chi connectivity index (χ1n) is 8.78. The van der Waals surface area contributed by atoms with Gasteiger partial charge in [0.25, 0.3) is 5.91 Å². The van der Waals surface area contributed by atoms with E-state index in [4.69, 9.17) is 14.2 Å². The lowest BCUT2D eigenvalue weighted by atomic mass is 10.0. The maximum atomic E-state index is 12.4. The molecule has 0 spiro atoms. The van der Waals surface area contributed by atoms with E-state index in [1.54, 1.807) is 26.0 Å². The quantitative estimate of drug-likeness (QED) is 0.504. The number of hydrogen-bond donors (Lipinski definition) is 0. The Labute approximate surface area is 157 Å². The molecule has 146 valence electrons. The summed E-state index contributed by atoms with van der Waals surface area (Å²) in [4.78, 5) is 49.6. The Hall–Kier alpha value is -2.90. The first-order valence-corrected chi connectivity index (χ1v) is 8.78. The molecule has 0 bridgehead atoms. The number of carbonyl (C=O) groups is 4. The summed E-state index contributed by atoms with van der Waals surface area (Å²) in [5, 5.41) is 0. The average Bonchev–Trinajstić information content (AvgIpc) is 2.67. The van der Waals surface area contributed by atoms with E-state index in [1.165, 1.54) is 18.1 Å². The van der Waals surface area contributed by atoms with Gasteiger partial charge in [-0.05, 0) is 31.5 Å². The Bertz CT molecular complexity index is 744. The molecule has 0 fully saturated rings. The topological polar surface area (TPSA) is 99.2 Å². The van der Waals surface area contributed by atoms with Crippen LogP contribution in [0.3, 0.4) is 0 Å². The molecular formula is C19H23NO7. The number of anilines is 1. The van der Waals surface area contributed by atoms with E-state index in [2.05, 4.69) is 0 Å². The van der Waals surface area contributed by atoms with Crippen LogP contribution in [0.2, 0.25) is 0 Å². The highest BCUT2D eigenvalue weighted by Gasteiger charge is 2.35. The van der Waals surface area contributed by atoms with Gasteiger partial charge in [-0.3, -0.25) is 19.3 Å². The number of rotatable bonds is 8. The van der Waals surface area contributed by atoms with Crippen molar-refractivity contribution in [3.05, 3.63) is 23.8 Å². The zero-order valence-corrected chi connectivity index (χ0v) is 15.6. The first-order chi connectivity index (χ1) is 12.9. The SMILES string of the molecule is CCOC(=O)CCC(=O)c1ccc2c(c1)N(C(CC)C(=O)OC)C(=O)CO2. The molecule has 0 saturated carbocycles. The van der Waals surface area contributed by atoms with Crippen molar-refractivity contribution < 1.29 is 33.4 Å². The molecule has 1 atom stereocenters. The molecule has 0 aromatic heterocycles. The molecule has 0 aliphatic carbocycles. The second-order valence-corrected chi connectivity index (χ2v) is 5.91. The number of Topliss-reactive ketones (excluding diaryl/α,β-unsaturated/α-hetero) is 1. The Balaban J connectivity index is 2.29. The van der Waals surface area contributed by atoms with Gasteiger partial charge in [-0.25, -0.2) is 4.79 Å². The second kappa shape index (κ2) is 9.16. The molecule has 1 aromatic rings. The largest absolute Gasteiger partial charge is 0.482 e. The van der Waals surface area contributed by atoms with Crippen LogP contribution in [-0.2, 0) is 23.9 Å². The summed E-state index contributed by atoms with van der Waals surface area (Å²) in [7, 11) is 1.26. The van der Waals surface area contributed by atoms with E-state index in [1.807, 2.05) is 0 Å². The summed E-state index contributed by atoms with van der Waals surface area (Å²) in [5.74, 6) is -1.25. The number of benzene rings is 1. The van der Waals surface area contributed by atoms with E-state index >= 15 is 0 Å². The Kier molecular flexibility index (Phi) is 6.92. The lowest BCUT2D eigenvalue weighted by Gasteiger charge is -2.34. The molecule has 8 nitrogen and oxygen atoms in total. The molecule has 1 heterocycles. The van der Waals surface area contributed by atoms with Gasteiger partial charge in [-0.1, -0.05) is 6.92 Å². The lowest BCUT2D eigenvalue weighted by molar-refractivity contribution is -0.144. The summed E-state index contributed by atoms with van der Waals surface area (Å²) >= 11 is 0. The van der Waals surface area contributed by atoms with E-state index in [0.717, 1.165) is 0 Å².